The second-order valence-corrected chi connectivity index (χ2v) is 7.77. The molecule has 1 fully saturated rings. The van der Waals surface area contributed by atoms with Crippen molar-refractivity contribution in [2.45, 2.75) is 25.8 Å². The number of carbonyl (C=O) groups is 1. The summed E-state index contributed by atoms with van der Waals surface area (Å²) >= 11 is 0. The number of aliphatic hydroxyl groups is 1. The standard InChI is InChI=1S/C24H25N3O5/c1-15-16(12-25)5-3-6-19(15)20-7-8-21(23-22(20)31-9-4-10-32-23)24(29)27-13-17(26-30-2)11-18(27)14-28/h3,5-8,18,28H,4,9-11,13-14H2,1-2H3/b26-17+/t18-/m0/s1. The van der Waals surface area contributed by atoms with Gasteiger partial charge in [-0.15, -0.1) is 0 Å². The SMILES string of the molecule is CO/N=C1\C[C@@H](CO)N(C(=O)c2ccc(-c3cccc(C#N)c3C)c3c2OCCCO3)C1. The average molecular weight is 435 g/mol. The van der Waals surface area contributed by atoms with Gasteiger partial charge in [0.2, 0.25) is 0 Å². The highest BCUT2D eigenvalue weighted by Crippen LogP contribution is 2.44. The van der Waals surface area contributed by atoms with Crippen LogP contribution in [0.15, 0.2) is 35.5 Å². The zero-order valence-corrected chi connectivity index (χ0v) is 18.1. The van der Waals surface area contributed by atoms with Crippen LogP contribution in [0.3, 0.4) is 0 Å². The molecule has 0 spiro atoms. The molecule has 8 heteroatoms. The van der Waals surface area contributed by atoms with Crippen molar-refractivity contribution in [3.05, 3.63) is 47.0 Å². The first-order valence-electron chi connectivity index (χ1n) is 10.5. The molecule has 8 nitrogen and oxygen atoms in total. The quantitative estimate of drug-likeness (QED) is 0.741. The van der Waals surface area contributed by atoms with Crippen LogP contribution in [0.25, 0.3) is 11.1 Å². The van der Waals surface area contributed by atoms with Crippen molar-refractivity contribution in [2.24, 2.45) is 5.16 Å². The fourth-order valence-corrected chi connectivity index (χ4v) is 4.21. The van der Waals surface area contributed by atoms with Crippen LogP contribution in [0.4, 0.5) is 0 Å². The molecule has 2 heterocycles. The van der Waals surface area contributed by atoms with Crippen molar-refractivity contribution in [3.8, 4) is 28.7 Å². The third-order valence-electron chi connectivity index (χ3n) is 5.83. The van der Waals surface area contributed by atoms with Gasteiger partial charge in [0.05, 0.1) is 55.3 Å². The van der Waals surface area contributed by atoms with Crippen molar-refractivity contribution in [1.82, 2.24) is 4.90 Å². The number of aliphatic hydroxyl groups excluding tert-OH is 1. The minimum Gasteiger partial charge on any atom is -0.489 e. The number of hydrogen-bond acceptors (Lipinski definition) is 7. The van der Waals surface area contributed by atoms with Crippen LogP contribution in [0, 0.1) is 18.3 Å². The Kier molecular flexibility index (Phi) is 6.28. The van der Waals surface area contributed by atoms with Gasteiger partial charge < -0.3 is 24.3 Å². The lowest BCUT2D eigenvalue weighted by atomic mass is 9.94. The van der Waals surface area contributed by atoms with E-state index in [4.69, 9.17) is 14.3 Å². The fraction of sp³-hybridized carbons (Fsp3) is 0.375. The molecule has 0 radical (unpaired) electrons. The van der Waals surface area contributed by atoms with Gasteiger partial charge >= 0.3 is 0 Å². The Bertz CT molecular complexity index is 1110. The summed E-state index contributed by atoms with van der Waals surface area (Å²) in [6.45, 7) is 2.88. The van der Waals surface area contributed by atoms with Crippen LogP contribution < -0.4 is 9.47 Å². The molecular formula is C24H25N3O5. The second kappa shape index (κ2) is 9.28. The fourth-order valence-electron chi connectivity index (χ4n) is 4.21. The highest BCUT2D eigenvalue weighted by molar-refractivity contribution is 6.03. The number of amides is 1. The van der Waals surface area contributed by atoms with Gasteiger partial charge in [0.15, 0.2) is 11.5 Å². The first-order chi connectivity index (χ1) is 15.6. The largest absolute Gasteiger partial charge is 0.489 e. The number of hydrogen-bond donors (Lipinski definition) is 1. The molecular weight excluding hydrogens is 410 g/mol. The first-order valence-corrected chi connectivity index (χ1v) is 10.5. The van der Waals surface area contributed by atoms with Gasteiger partial charge in [-0.3, -0.25) is 4.79 Å². The number of nitrogens with zero attached hydrogens (tertiary/aromatic N) is 3. The maximum Gasteiger partial charge on any atom is 0.258 e. The van der Waals surface area contributed by atoms with E-state index in [1.807, 2.05) is 25.1 Å². The summed E-state index contributed by atoms with van der Waals surface area (Å²) < 4.78 is 12.1. The van der Waals surface area contributed by atoms with Crippen molar-refractivity contribution in [2.75, 3.05) is 33.5 Å². The van der Waals surface area contributed by atoms with E-state index in [0.717, 1.165) is 16.7 Å². The van der Waals surface area contributed by atoms with Crippen LogP contribution in [0.5, 0.6) is 11.5 Å². The smallest absolute Gasteiger partial charge is 0.258 e. The molecule has 0 bridgehead atoms. The third-order valence-corrected chi connectivity index (χ3v) is 5.83. The number of rotatable bonds is 4. The predicted molar refractivity (Wildman–Crippen MR) is 118 cm³/mol. The van der Waals surface area contributed by atoms with Gasteiger partial charge in [-0.1, -0.05) is 17.3 Å². The van der Waals surface area contributed by atoms with Crippen LogP contribution >= 0.6 is 0 Å². The molecule has 0 unspecified atom stereocenters. The van der Waals surface area contributed by atoms with Gasteiger partial charge in [-0.2, -0.15) is 5.26 Å². The lowest BCUT2D eigenvalue weighted by Gasteiger charge is -2.24. The first kappa shape index (κ1) is 21.7. The maximum atomic E-state index is 13.5. The van der Waals surface area contributed by atoms with Gasteiger partial charge in [0.25, 0.3) is 5.91 Å². The number of oxime groups is 1. The molecule has 2 aromatic rings. The van der Waals surface area contributed by atoms with Crippen LogP contribution in [-0.2, 0) is 4.84 Å². The predicted octanol–water partition coefficient (Wildman–Crippen LogP) is 2.90. The number of likely N-dealkylation sites (tertiary alicyclic amines) is 1. The molecule has 2 aliphatic heterocycles. The van der Waals surface area contributed by atoms with Crippen LogP contribution in [0.1, 0.15) is 34.3 Å². The Hall–Kier alpha value is -3.57. The Morgan fingerprint density at radius 3 is 2.75 bits per heavy atom. The molecule has 166 valence electrons. The number of carbonyl (C=O) groups excluding carboxylic acids is 1. The number of benzene rings is 2. The monoisotopic (exact) mass is 435 g/mol. The Morgan fingerprint density at radius 1 is 1.25 bits per heavy atom. The summed E-state index contributed by atoms with van der Waals surface area (Å²) in [4.78, 5) is 19.9. The second-order valence-electron chi connectivity index (χ2n) is 7.77. The summed E-state index contributed by atoms with van der Waals surface area (Å²) in [5.74, 6) is 0.624. The van der Waals surface area contributed by atoms with Gasteiger partial charge in [0.1, 0.15) is 7.11 Å². The van der Waals surface area contributed by atoms with E-state index in [2.05, 4.69) is 11.2 Å². The highest BCUT2D eigenvalue weighted by Gasteiger charge is 2.36. The van der Waals surface area contributed by atoms with Gasteiger partial charge in [-0.25, -0.2) is 0 Å². The normalized spacial score (nSPS) is 18.9. The Morgan fingerprint density at radius 2 is 2.03 bits per heavy atom. The van der Waals surface area contributed by atoms with Crippen molar-refractivity contribution >= 4 is 11.6 Å². The summed E-state index contributed by atoms with van der Waals surface area (Å²) in [6, 6.07) is 10.9. The summed E-state index contributed by atoms with van der Waals surface area (Å²) in [5.41, 5.74) is 4.12. The topological polar surface area (TPSA) is 104 Å². The molecule has 4 rings (SSSR count). The third kappa shape index (κ3) is 3.87. The molecule has 1 atom stereocenters. The number of ether oxygens (including phenoxy) is 2. The molecule has 0 aliphatic carbocycles. The van der Waals surface area contributed by atoms with Crippen LogP contribution in [-0.4, -0.2) is 61.1 Å². The van der Waals surface area contributed by atoms with E-state index in [1.54, 1.807) is 17.0 Å². The number of nitriles is 1. The molecule has 1 N–H and O–H groups in total. The number of fused-ring (bicyclic) bond motifs is 1. The molecule has 2 aliphatic rings. The molecule has 32 heavy (non-hydrogen) atoms. The van der Waals surface area contributed by atoms with E-state index in [-0.39, 0.29) is 25.1 Å². The van der Waals surface area contributed by atoms with E-state index in [9.17, 15) is 15.2 Å². The lowest BCUT2D eigenvalue weighted by molar-refractivity contribution is 0.0676. The van der Waals surface area contributed by atoms with Gasteiger partial charge in [0, 0.05) is 18.4 Å². The Labute approximate surface area is 186 Å². The maximum absolute atomic E-state index is 13.5. The van der Waals surface area contributed by atoms with Crippen molar-refractivity contribution in [1.29, 1.82) is 5.26 Å². The zero-order valence-electron chi connectivity index (χ0n) is 18.1. The van der Waals surface area contributed by atoms with E-state index in [0.29, 0.717) is 54.4 Å². The minimum atomic E-state index is -0.382. The molecule has 1 amide bonds. The van der Waals surface area contributed by atoms with Crippen molar-refractivity contribution in [3.63, 3.8) is 0 Å². The highest BCUT2D eigenvalue weighted by atomic mass is 16.6. The lowest BCUT2D eigenvalue weighted by Crippen LogP contribution is -2.38. The summed E-state index contributed by atoms with van der Waals surface area (Å²) in [5, 5.41) is 23.2. The molecule has 2 aromatic carbocycles. The van der Waals surface area contributed by atoms with E-state index in [1.165, 1.54) is 7.11 Å². The Balaban J connectivity index is 1.80. The molecule has 0 saturated carbocycles. The van der Waals surface area contributed by atoms with E-state index < -0.39 is 0 Å². The van der Waals surface area contributed by atoms with E-state index >= 15 is 0 Å². The molecule has 0 aromatic heterocycles. The molecule has 1 saturated heterocycles. The van der Waals surface area contributed by atoms with Crippen LogP contribution in [0.2, 0.25) is 0 Å². The van der Waals surface area contributed by atoms with Crippen molar-refractivity contribution < 1.29 is 24.2 Å². The average Bonchev–Trinajstić information content (AvgIpc) is 3.05. The van der Waals surface area contributed by atoms with Gasteiger partial charge in [-0.05, 0) is 36.2 Å². The minimum absolute atomic E-state index is 0.174. The zero-order chi connectivity index (χ0) is 22.7. The summed E-state index contributed by atoms with van der Waals surface area (Å²) in [7, 11) is 1.46. The summed E-state index contributed by atoms with van der Waals surface area (Å²) in [6.07, 6.45) is 1.14.